The van der Waals surface area contributed by atoms with Crippen LogP contribution in [0.3, 0.4) is 0 Å². The number of hydrogen-bond acceptors (Lipinski definition) is 1. The van der Waals surface area contributed by atoms with E-state index in [9.17, 15) is 4.79 Å². The van der Waals surface area contributed by atoms with E-state index in [-0.39, 0.29) is 0 Å². The molecule has 1 unspecified atom stereocenters. The van der Waals surface area contributed by atoms with Gasteiger partial charge in [-0.3, -0.25) is 4.79 Å². The largest absolute Gasteiger partial charge is 0.299 e. The lowest BCUT2D eigenvalue weighted by Crippen LogP contribution is -2.10. The molecule has 2 atom stereocenters. The predicted octanol–water partition coefficient (Wildman–Crippen LogP) is 4.35. The first-order valence-electron chi connectivity index (χ1n) is 6.78. The maximum absolute atomic E-state index is 11.4. The molecule has 0 heterocycles. The summed E-state index contributed by atoms with van der Waals surface area (Å²) in [7, 11) is 0. The van der Waals surface area contributed by atoms with Crippen LogP contribution in [-0.2, 0) is 4.79 Å². The first kappa shape index (κ1) is 12.7. The molecule has 0 aliphatic heterocycles. The summed E-state index contributed by atoms with van der Waals surface area (Å²) in [6.45, 7) is 4.38. The molecule has 1 heteroatoms. The summed E-state index contributed by atoms with van der Waals surface area (Å²) >= 11 is 0. The van der Waals surface area contributed by atoms with E-state index in [1.165, 1.54) is 44.9 Å². The smallest absolute Gasteiger partial charge is 0.135 e. The minimum absolute atomic E-state index is 0.362. The van der Waals surface area contributed by atoms with E-state index in [1.54, 1.807) is 0 Å². The molecule has 1 saturated carbocycles. The fraction of sp³-hybridized carbons (Fsp3) is 0.929. The van der Waals surface area contributed by atoms with Crippen molar-refractivity contribution in [2.24, 2.45) is 11.8 Å². The molecule has 1 nitrogen and oxygen atoms in total. The number of unbranched alkanes of at least 4 members (excludes halogenated alkanes) is 5. The van der Waals surface area contributed by atoms with Crippen LogP contribution < -0.4 is 0 Å². The van der Waals surface area contributed by atoms with Crippen molar-refractivity contribution in [3.63, 3.8) is 0 Å². The Morgan fingerprint density at radius 3 is 2.40 bits per heavy atom. The third-order valence-corrected chi connectivity index (χ3v) is 3.90. The molecule has 0 aromatic rings. The fourth-order valence-corrected chi connectivity index (χ4v) is 2.65. The Bertz CT molecular complexity index is 186. The van der Waals surface area contributed by atoms with Gasteiger partial charge < -0.3 is 0 Å². The van der Waals surface area contributed by atoms with Crippen LogP contribution in [0, 0.1) is 11.8 Å². The van der Waals surface area contributed by atoms with Crippen molar-refractivity contribution in [3.8, 4) is 0 Å². The molecule has 0 aromatic carbocycles. The molecule has 1 rings (SSSR count). The van der Waals surface area contributed by atoms with Crippen molar-refractivity contribution < 1.29 is 4.79 Å². The number of carbonyl (C=O) groups excluding carboxylic acids is 1. The summed E-state index contributed by atoms with van der Waals surface area (Å²) in [5.41, 5.74) is 0. The van der Waals surface area contributed by atoms with Crippen LogP contribution in [0.1, 0.15) is 71.6 Å². The average molecular weight is 210 g/mol. The zero-order chi connectivity index (χ0) is 11.1. The molecule has 0 saturated heterocycles. The van der Waals surface area contributed by atoms with E-state index < -0.39 is 0 Å². The Labute approximate surface area is 94.6 Å². The lowest BCUT2D eigenvalue weighted by Gasteiger charge is -2.13. The Morgan fingerprint density at radius 1 is 1.13 bits per heavy atom. The van der Waals surface area contributed by atoms with Crippen molar-refractivity contribution in [3.05, 3.63) is 0 Å². The van der Waals surface area contributed by atoms with Crippen LogP contribution in [0.25, 0.3) is 0 Å². The normalized spacial score (nSPS) is 26.1. The van der Waals surface area contributed by atoms with Crippen LogP contribution in [0.15, 0.2) is 0 Å². The lowest BCUT2D eigenvalue weighted by molar-refractivity contribution is -0.120. The van der Waals surface area contributed by atoms with Gasteiger partial charge in [0.2, 0.25) is 0 Å². The first-order chi connectivity index (χ1) is 7.25. The highest BCUT2D eigenvalue weighted by molar-refractivity contribution is 5.82. The molecule has 0 N–H and O–H groups in total. The van der Waals surface area contributed by atoms with Crippen LogP contribution in [-0.4, -0.2) is 5.78 Å². The number of rotatable bonds is 7. The second-order valence-electron chi connectivity index (χ2n) is 5.11. The highest BCUT2D eigenvalue weighted by Gasteiger charge is 2.29. The van der Waals surface area contributed by atoms with Crippen molar-refractivity contribution in [1.82, 2.24) is 0 Å². The van der Waals surface area contributed by atoms with Gasteiger partial charge in [0.25, 0.3) is 0 Å². The predicted molar refractivity (Wildman–Crippen MR) is 64.9 cm³/mol. The molecule has 0 amide bonds. The highest BCUT2D eigenvalue weighted by atomic mass is 16.1. The standard InChI is InChI=1S/C14H26O/c1-3-4-5-6-7-8-9-13-10-11-14(15)12(13)2/h12-13H,3-11H2,1-2H3/t12?,13-/m0/s1. The summed E-state index contributed by atoms with van der Waals surface area (Å²) in [6.07, 6.45) is 11.5. The van der Waals surface area contributed by atoms with E-state index in [4.69, 9.17) is 0 Å². The van der Waals surface area contributed by atoms with Gasteiger partial charge in [0, 0.05) is 12.3 Å². The van der Waals surface area contributed by atoms with Crippen LogP contribution >= 0.6 is 0 Å². The van der Waals surface area contributed by atoms with Gasteiger partial charge in [0.05, 0.1) is 0 Å². The molecular weight excluding hydrogens is 184 g/mol. The van der Waals surface area contributed by atoms with E-state index in [0.29, 0.717) is 17.6 Å². The number of ketones is 1. The van der Waals surface area contributed by atoms with Gasteiger partial charge in [-0.2, -0.15) is 0 Å². The van der Waals surface area contributed by atoms with Gasteiger partial charge in [-0.25, -0.2) is 0 Å². The quantitative estimate of drug-likeness (QED) is 0.571. The van der Waals surface area contributed by atoms with E-state index in [0.717, 1.165) is 12.8 Å². The molecule has 1 aliphatic rings. The maximum Gasteiger partial charge on any atom is 0.135 e. The lowest BCUT2D eigenvalue weighted by atomic mass is 9.91. The van der Waals surface area contributed by atoms with Gasteiger partial charge in [0.15, 0.2) is 0 Å². The second-order valence-corrected chi connectivity index (χ2v) is 5.11. The van der Waals surface area contributed by atoms with Gasteiger partial charge >= 0.3 is 0 Å². The van der Waals surface area contributed by atoms with Crippen LogP contribution in [0.2, 0.25) is 0 Å². The first-order valence-corrected chi connectivity index (χ1v) is 6.78. The van der Waals surface area contributed by atoms with E-state index >= 15 is 0 Å². The van der Waals surface area contributed by atoms with Crippen molar-refractivity contribution in [2.45, 2.75) is 71.6 Å². The van der Waals surface area contributed by atoms with Crippen molar-refractivity contribution >= 4 is 5.78 Å². The summed E-state index contributed by atoms with van der Waals surface area (Å²) in [4.78, 5) is 11.4. The van der Waals surface area contributed by atoms with Crippen molar-refractivity contribution in [1.29, 1.82) is 0 Å². The Hall–Kier alpha value is -0.330. The van der Waals surface area contributed by atoms with E-state index in [2.05, 4.69) is 13.8 Å². The minimum Gasteiger partial charge on any atom is -0.299 e. The van der Waals surface area contributed by atoms with Gasteiger partial charge in [-0.15, -0.1) is 0 Å². The average Bonchev–Trinajstić information content (AvgIpc) is 2.54. The van der Waals surface area contributed by atoms with Gasteiger partial charge in [0.1, 0.15) is 5.78 Å². The molecule has 0 radical (unpaired) electrons. The van der Waals surface area contributed by atoms with E-state index in [1.807, 2.05) is 0 Å². The molecule has 1 aliphatic carbocycles. The summed E-state index contributed by atoms with van der Waals surface area (Å²) in [6, 6.07) is 0. The third kappa shape index (κ3) is 4.36. The zero-order valence-electron chi connectivity index (χ0n) is 10.4. The van der Waals surface area contributed by atoms with Gasteiger partial charge in [-0.05, 0) is 18.8 Å². The third-order valence-electron chi connectivity index (χ3n) is 3.90. The Kier molecular flexibility index (Phi) is 5.97. The van der Waals surface area contributed by atoms with Crippen LogP contribution in [0.4, 0.5) is 0 Å². The molecule has 0 spiro atoms. The second kappa shape index (κ2) is 7.03. The highest BCUT2D eigenvalue weighted by Crippen LogP contribution is 2.32. The van der Waals surface area contributed by atoms with Crippen LogP contribution in [0.5, 0.6) is 0 Å². The minimum atomic E-state index is 0.362. The molecule has 88 valence electrons. The number of hydrogen-bond donors (Lipinski definition) is 0. The summed E-state index contributed by atoms with van der Waals surface area (Å²) < 4.78 is 0. The summed E-state index contributed by atoms with van der Waals surface area (Å²) in [5, 5.41) is 0. The molecule has 15 heavy (non-hydrogen) atoms. The summed E-state index contributed by atoms with van der Waals surface area (Å²) in [5.74, 6) is 1.58. The van der Waals surface area contributed by atoms with Crippen molar-refractivity contribution in [2.75, 3.05) is 0 Å². The number of carbonyl (C=O) groups is 1. The molecule has 0 aromatic heterocycles. The Morgan fingerprint density at radius 2 is 1.80 bits per heavy atom. The topological polar surface area (TPSA) is 17.1 Å². The number of Topliss-reactive ketones (excluding diaryl/α,β-unsaturated/α-hetero) is 1. The molecule has 1 fully saturated rings. The molecule has 0 bridgehead atoms. The SMILES string of the molecule is CCCCCCCC[C@H]1CCC(=O)C1C. The molecular formula is C14H26O. The van der Waals surface area contributed by atoms with Gasteiger partial charge in [-0.1, -0.05) is 52.4 Å². The monoisotopic (exact) mass is 210 g/mol. The maximum atomic E-state index is 11.4. The fourth-order valence-electron chi connectivity index (χ4n) is 2.65. The zero-order valence-corrected chi connectivity index (χ0v) is 10.4. The Balaban J connectivity index is 1.98.